The van der Waals surface area contributed by atoms with Crippen molar-refractivity contribution in [1.82, 2.24) is 0 Å². The molecule has 1 aliphatic rings. The summed E-state index contributed by atoms with van der Waals surface area (Å²) in [5.74, 6) is 1.52. The first kappa shape index (κ1) is 20.2. The van der Waals surface area contributed by atoms with Crippen molar-refractivity contribution in [3.63, 3.8) is 0 Å². The summed E-state index contributed by atoms with van der Waals surface area (Å²) in [5, 5.41) is 0.397. The highest BCUT2D eigenvalue weighted by atomic mass is 35.5. The van der Waals surface area contributed by atoms with Crippen LogP contribution in [0.4, 0.5) is 5.69 Å². The number of carbonyl (C=O) groups excluding carboxylic acids is 1. The van der Waals surface area contributed by atoms with Crippen LogP contribution in [0, 0.1) is 17.9 Å². The summed E-state index contributed by atoms with van der Waals surface area (Å²) in [7, 11) is 0. The Morgan fingerprint density at radius 3 is 2.18 bits per heavy atom. The van der Waals surface area contributed by atoms with Gasteiger partial charge in [0.1, 0.15) is 23.7 Å². The molecule has 4 nitrogen and oxygen atoms in total. The van der Waals surface area contributed by atoms with Crippen molar-refractivity contribution in [1.29, 1.82) is 0 Å². The Balaban J connectivity index is 1.62. The lowest BCUT2D eigenvalue weighted by Gasteiger charge is -2.50. The molecule has 0 aromatic heterocycles. The van der Waals surface area contributed by atoms with Crippen LogP contribution in [0.3, 0.4) is 0 Å². The minimum atomic E-state index is -0.183. The molecule has 0 aliphatic heterocycles. The molecule has 0 amide bonds. The van der Waals surface area contributed by atoms with Crippen molar-refractivity contribution in [2.45, 2.75) is 46.3 Å². The Kier molecular flexibility index (Phi) is 5.67. The number of benzene rings is 2. The maximum Gasteiger partial charge on any atom is 0.205 e. The molecule has 146 valence electrons. The predicted molar refractivity (Wildman–Crippen MR) is 111 cm³/mol. The number of hydrogen-bond acceptors (Lipinski definition) is 3. The molecule has 1 fully saturated rings. The summed E-state index contributed by atoms with van der Waals surface area (Å²) in [4.78, 5) is 15.4. The van der Waals surface area contributed by atoms with Crippen LogP contribution in [0.15, 0.2) is 42.5 Å². The summed E-state index contributed by atoms with van der Waals surface area (Å²) in [6.45, 7) is 15.1. The number of ether oxygens (including phenoxy) is 2. The van der Waals surface area contributed by atoms with E-state index in [1.807, 2.05) is 38.1 Å². The van der Waals surface area contributed by atoms with Crippen LogP contribution in [-0.2, 0) is 0 Å². The number of hydrogen-bond donors (Lipinski definition) is 0. The predicted octanol–water partition coefficient (Wildman–Crippen LogP) is 6.35. The van der Waals surface area contributed by atoms with E-state index in [1.54, 1.807) is 18.2 Å². The number of rotatable bonds is 6. The summed E-state index contributed by atoms with van der Waals surface area (Å²) in [5.41, 5.74) is 0.941. The van der Waals surface area contributed by atoms with E-state index in [2.05, 4.69) is 18.7 Å². The Morgan fingerprint density at radius 1 is 1.11 bits per heavy atom. The van der Waals surface area contributed by atoms with Crippen molar-refractivity contribution >= 4 is 23.1 Å². The normalized spacial score (nSPS) is 20.2. The molecular weight excluding hydrogens is 374 g/mol. The minimum absolute atomic E-state index is 0.00542. The van der Waals surface area contributed by atoms with E-state index in [0.29, 0.717) is 22.0 Å². The van der Waals surface area contributed by atoms with Gasteiger partial charge in [-0.05, 0) is 36.4 Å². The van der Waals surface area contributed by atoms with Crippen LogP contribution < -0.4 is 9.47 Å². The van der Waals surface area contributed by atoms with Crippen molar-refractivity contribution in [2.75, 3.05) is 0 Å². The Hall–Kier alpha value is -2.51. The Bertz CT molecular complexity index is 912. The third-order valence-electron chi connectivity index (χ3n) is 5.35. The fraction of sp³-hybridized carbons (Fsp3) is 0.391. The van der Waals surface area contributed by atoms with Gasteiger partial charge in [0, 0.05) is 23.3 Å². The largest absolute Gasteiger partial charge is 0.490 e. The lowest BCUT2D eigenvalue weighted by molar-refractivity contribution is -0.121. The van der Waals surface area contributed by atoms with Crippen molar-refractivity contribution in [3.05, 3.63) is 64.5 Å². The summed E-state index contributed by atoms with van der Waals surface area (Å²) < 4.78 is 12.2. The average molecular weight is 398 g/mol. The molecule has 2 atom stereocenters. The van der Waals surface area contributed by atoms with Crippen LogP contribution in [0.1, 0.15) is 44.5 Å². The van der Waals surface area contributed by atoms with Crippen molar-refractivity contribution in [3.8, 4) is 11.5 Å². The molecule has 0 saturated heterocycles. The standard InChI is InChI=1S/C23H24ClNO3/c1-14(2)22(26)15-6-8-16(9-7-15)27-20-13-21(23(20,3)4)28-17-10-11-19(25-5)18(24)12-17/h6-12,14,20-21H,13H2,1-4H3/t20-,21-/m0/s1. The average Bonchev–Trinajstić information content (AvgIpc) is 2.67. The number of ketones is 1. The Labute approximate surface area is 171 Å². The summed E-state index contributed by atoms with van der Waals surface area (Å²) in [6, 6.07) is 12.5. The van der Waals surface area contributed by atoms with Gasteiger partial charge in [-0.2, -0.15) is 0 Å². The van der Waals surface area contributed by atoms with Gasteiger partial charge in [0.2, 0.25) is 5.69 Å². The first-order valence-electron chi connectivity index (χ1n) is 9.37. The molecular formula is C23H24ClNO3. The fourth-order valence-corrected chi connectivity index (χ4v) is 3.47. The maximum absolute atomic E-state index is 12.0. The van der Waals surface area contributed by atoms with Crippen LogP contribution in [0.25, 0.3) is 4.85 Å². The van der Waals surface area contributed by atoms with Crippen molar-refractivity contribution < 1.29 is 14.3 Å². The number of nitrogens with zero attached hydrogens (tertiary/aromatic N) is 1. The van der Waals surface area contributed by atoms with E-state index in [9.17, 15) is 4.79 Å². The molecule has 0 N–H and O–H groups in total. The highest BCUT2D eigenvalue weighted by Gasteiger charge is 2.52. The van der Waals surface area contributed by atoms with Gasteiger partial charge >= 0.3 is 0 Å². The monoisotopic (exact) mass is 397 g/mol. The van der Waals surface area contributed by atoms with Crippen LogP contribution in [0.5, 0.6) is 11.5 Å². The number of Topliss-reactive ketones (excluding diaryl/α,β-unsaturated/α-hetero) is 1. The molecule has 3 rings (SSSR count). The van der Waals surface area contributed by atoms with E-state index in [4.69, 9.17) is 27.6 Å². The van der Waals surface area contributed by atoms with Crippen LogP contribution in [-0.4, -0.2) is 18.0 Å². The zero-order chi connectivity index (χ0) is 20.5. The van der Waals surface area contributed by atoms with Gasteiger partial charge in [0.15, 0.2) is 5.78 Å². The summed E-state index contributed by atoms with van der Waals surface area (Å²) >= 11 is 6.09. The number of halogens is 1. The van der Waals surface area contributed by atoms with Gasteiger partial charge in [0.05, 0.1) is 11.6 Å². The van der Waals surface area contributed by atoms with E-state index >= 15 is 0 Å². The summed E-state index contributed by atoms with van der Waals surface area (Å²) in [6.07, 6.45) is 0.762. The minimum Gasteiger partial charge on any atom is -0.490 e. The Morgan fingerprint density at radius 2 is 1.68 bits per heavy atom. The SMILES string of the molecule is [C-]#[N+]c1ccc(O[C@H]2C[C@H](Oc3ccc(C(=O)C(C)C)cc3)C2(C)C)cc1Cl. The van der Waals surface area contributed by atoms with Gasteiger partial charge in [-0.1, -0.05) is 45.4 Å². The molecule has 0 unspecified atom stereocenters. The molecule has 0 heterocycles. The highest BCUT2D eigenvalue weighted by molar-refractivity contribution is 6.33. The molecule has 28 heavy (non-hydrogen) atoms. The van der Waals surface area contributed by atoms with Gasteiger partial charge in [-0.25, -0.2) is 4.85 Å². The van der Waals surface area contributed by atoms with Gasteiger partial charge in [-0.15, -0.1) is 0 Å². The quantitative estimate of drug-likeness (QED) is 0.421. The molecule has 1 aliphatic carbocycles. The lowest BCUT2D eigenvalue weighted by atomic mass is 9.66. The fourth-order valence-electron chi connectivity index (χ4n) is 3.26. The first-order valence-corrected chi connectivity index (χ1v) is 9.74. The maximum atomic E-state index is 12.0. The molecule has 2 aromatic carbocycles. The third kappa shape index (κ3) is 4.00. The van der Waals surface area contributed by atoms with Crippen LogP contribution >= 0.6 is 11.6 Å². The lowest BCUT2D eigenvalue weighted by Crippen LogP contribution is -2.58. The molecule has 0 radical (unpaired) electrons. The van der Waals surface area contributed by atoms with E-state index in [0.717, 1.165) is 12.2 Å². The molecule has 0 spiro atoms. The van der Waals surface area contributed by atoms with Crippen molar-refractivity contribution in [2.24, 2.45) is 11.3 Å². The topological polar surface area (TPSA) is 39.9 Å². The van der Waals surface area contributed by atoms with Gasteiger partial charge in [-0.3, -0.25) is 4.79 Å². The van der Waals surface area contributed by atoms with E-state index < -0.39 is 0 Å². The molecule has 2 aromatic rings. The second-order valence-electron chi connectivity index (χ2n) is 8.04. The highest BCUT2D eigenvalue weighted by Crippen LogP contribution is 2.45. The third-order valence-corrected chi connectivity index (χ3v) is 5.65. The molecule has 1 saturated carbocycles. The second kappa shape index (κ2) is 7.85. The molecule has 0 bridgehead atoms. The van der Waals surface area contributed by atoms with E-state index in [1.165, 1.54) is 0 Å². The smallest absolute Gasteiger partial charge is 0.205 e. The van der Waals surface area contributed by atoms with E-state index in [-0.39, 0.29) is 29.3 Å². The molecule has 5 heteroatoms. The first-order chi connectivity index (χ1) is 13.2. The zero-order valence-electron chi connectivity index (χ0n) is 16.5. The second-order valence-corrected chi connectivity index (χ2v) is 8.45. The van der Waals surface area contributed by atoms with Gasteiger partial charge < -0.3 is 9.47 Å². The zero-order valence-corrected chi connectivity index (χ0v) is 17.3. The van der Waals surface area contributed by atoms with Gasteiger partial charge in [0.25, 0.3) is 0 Å². The van der Waals surface area contributed by atoms with Crippen LogP contribution in [0.2, 0.25) is 5.02 Å². The number of carbonyl (C=O) groups is 1.